The van der Waals surface area contributed by atoms with Crippen molar-refractivity contribution >= 4 is 28.6 Å². The van der Waals surface area contributed by atoms with Crippen molar-refractivity contribution in [2.45, 2.75) is 45.7 Å². The molecule has 0 atom stereocenters. The molecule has 15 heavy (non-hydrogen) atoms. The number of hydrogen-bond acceptors (Lipinski definition) is 4. The Morgan fingerprint density at radius 3 is 1.33 bits per heavy atom. The lowest BCUT2D eigenvalue weighted by atomic mass is 10.9. The van der Waals surface area contributed by atoms with Crippen LogP contribution >= 0.6 is 0 Å². The van der Waals surface area contributed by atoms with Gasteiger partial charge in [-0.1, -0.05) is 0 Å². The summed E-state index contributed by atoms with van der Waals surface area (Å²) in [7, 11) is -4.07. The number of rotatable bonds is 4. The fourth-order valence-electron chi connectivity index (χ4n) is 1.88. The van der Waals surface area contributed by atoms with Crippen LogP contribution in [0.4, 0.5) is 0 Å². The molecular formula is C9H20O4Si2. The number of hydrogen-bond donors (Lipinski definition) is 0. The molecule has 0 heterocycles. The Morgan fingerprint density at radius 1 is 0.867 bits per heavy atom. The van der Waals surface area contributed by atoms with Crippen molar-refractivity contribution in [1.29, 1.82) is 0 Å². The zero-order valence-electron chi connectivity index (χ0n) is 10.3. The summed E-state index contributed by atoms with van der Waals surface area (Å²) in [5.41, 5.74) is 0.735. The maximum absolute atomic E-state index is 10.9. The Labute approximate surface area is 93.2 Å². The predicted octanol–water partition coefficient (Wildman–Crippen LogP) is 2.06. The maximum atomic E-state index is 10.9. The van der Waals surface area contributed by atoms with Gasteiger partial charge in [-0.3, -0.25) is 9.59 Å². The van der Waals surface area contributed by atoms with Gasteiger partial charge in [0.05, 0.1) is 0 Å². The van der Waals surface area contributed by atoms with Crippen molar-refractivity contribution in [3.8, 4) is 0 Å². The minimum Gasteiger partial charge on any atom is -0.520 e. The lowest BCUT2D eigenvalue weighted by Crippen LogP contribution is -2.45. The van der Waals surface area contributed by atoms with E-state index in [1.54, 1.807) is 0 Å². The first kappa shape index (κ1) is 14.4. The lowest BCUT2D eigenvalue weighted by Gasteiger charge is -2.30. The van der Waals surface area contributed by atoms with Crippen molar-refractivity contribution in [2.75, 3.05) is 0 Å². The Bertz CT molecular complexity index is 235. The van der Waals surface area contributed by atoms with Crippen LogP contribution in [0.2, 0.25) is 31.9 Å². The summed E-state index contributed by atoms with van der Waals surface area (Å²) in [5, 5.41) is 0. The molecule has 0 aliphatic carbocycles. The fraction of sp³-hybridized carbons (Fsp3) is 0.778. The van der Waals surface area contributed by atoms with Crippen LogP contribution in [0.1, 0.15) is 13.8 Å². The molecule has 0 fully saturated rings. The molecule has 0 bridgehead atoms. The van der Waals surface area contributed by atoms with Crippen LogP contribution < -0.4 is 0 Å². The first-order valence-corrected chi connectivity index (χ1v) is 11.2. The van der Waals surface area contributed by atoms with E-state index in [-0.39, 0.29) is 11.9 Å². The number of carbonyl (C=O) groups excluding carboxylic acids is 2. The second-order valence-corrected chi connectivity index (χ2v) is 13.7. The average molecular weight is 248 g/mol. The normalized spacial score (nSPS) is 12.1. The Balaban J connectivity index is 4.42. The monoisotopic (exact) mass is 248 g/mol. The minimum atomic E-state index is -2.03. The van der Waals surface area contributed by atoms with Gasteiger partial charge in [0.2, 0.25) is 16.6 Å². The van der Waals surface area contributed by atoms with Crippen LogP contribution in [0.15, 0.2) is 0 Å². The highest BCUT2D eigenvalue weighted by Gasteiger charge is 2.38. The highest BCUT2D eigenvalue weighted by molar-refractivity contribution is 6.90. The van der Waals surface area contributed by atoms with E-state index in [1.807, 2.05) is 26.2 Å². The molecule has 0 saturated carbocycles. The van der Waals surface area contributed by atoms with Gasteiger partial charge in [0.25, 0.3) is 11.9 Å². The maximum Gasteiger partial charge on any atom is 0.289 e. The van der Waals surface area contributed by atoms with E-state index in [4.69, 9.17) is 8.85 Å². The summed E-state index contributed by atoms with van der Waals surface area (Å²) >= 11 is 0. The molecule has 0 aromatic rings. The first-order valence-electron chi connectivity index (χ1n) is 4.93. The summed E-state index contributed by atoms with van der Waals surface area (Å²) in [6, 6.07) is 0. The molecule has 88 valence electrons. The molecule has 0 aliphatic heterocycles. The molecule has 0 unspecified atom stereocenters. The summed E-state index contributed by atoms with van der Waals surface area (Å²) in [4.78, 5) is 21.8. The van der Waals surface area contributed by atoms with E-state index in [0.29, 0.717) is 0 Å². The van der Waals surface area contributed by atoms with Crippen molar-refractivity contribution in [3.63, 3.8) is 0 Å². The second-order valence-electron chi connectivity index (χ2n) is 4.88. The van der Waals surface area contributed by atoms with Gasteiger partial charge in [-0.2, -0.15) is 0 Å². The van der Waals surface area contributed by atoms with Crippen molar-refractivity contribution in [2.24, 2.45) is 0 Å². The highest BCUT2D eigenvalue weighted by Crippen LogP contribution is 2.22. The summed E-state index contributed by atoms with van der Waals surface area (Å²) in [6.45, 7) is 10.7. The van der Waals surface area contributed by atoms with Gasteiger partial charge in [0.15, 0.2) is 0 Å². The van der Waals surface area contributed by atoms with E-state index in [0.717, 1.165) is 5.67 Å². The SMILES string of the molecule is CC(=O)O[Si](C)(C)C[Si](C)(C)OC(C)=O. The molecule has 0 radical (unpaired) electrons. The van der Waals surface area contributed by atoms with Gasteiger partial charge in [0.1, 0.15) is 0 Å². The van der Waals surface area contributed by atoms with Crippen LogP contribution in [0.5, 0.6) is 0 Å². The minimum absolute atomic E-state index is 0.251. The highest BCUT2D eigenvalue weighted by atomic mass is 28.4. The Kier molecular flexibility index (Phi) is 4.73. The van der Waals surface area contributed by atoms with Gasteiger partial charge < -0.3 is 8.85 Å². The fourth-order valence-corrected chi connectivity index (χ4v) is 12.2. The molecule has 0 aliphatic rings. The standard InChI is InChI=1S/C9H20O4Si2/c1-8(10)12-14(3,4)7-15(5,6)13-9(2)11/h7H2,1-6H3. The van der Waals surface area contributed by atoms with E-state index in [9.17, 15) is 9.59 Å². The molecule has 0 saturated heterocycles. The molecule has 0 aromatic carbocycles. The summed E-state index contributed by atoms with van der Waals surface area (Å²) < 4.78 is 10.6. The van der Waals surface area contributed by atoms with Crippen molar-refractivity contribution in [3.05, 3.63) is 0 Å². The van der Waals surface area contributed by atoms with Gasteiger partial charge in [-0.05, 0) is 26.2 Å². The van der Waals surface area contributed by atoms with Crippen LogP contribution in [-0.2, 0) is 18.4 Å². The van der Waals surface area contributed by atoms with E-state index < -0.39 is 16.6 Å². The van der Waals surface area contributed by atoms with E-state index in [2.05, 4.69) is 0 Å². The average Bonchev–Trinajstić information content (AvgIpc) is 1.73. The molecule has 0 amide bonds. The molecule has 6 heteroatoms. The zero-order chi connectivity index (χ0) is 12.3. The Hall–Kier alpha value is -0.626. The van der Waals surface area contributed by atoms with Crippen LogP contribution in [0, 0.1) is 0 Å². The molecule has 0 aromatic heterocycles. The third-order valence-corrected chi connectivity index (χ3v) is 10.2. The predicted molar refractivity (Wildman–Crippen MR) is 63.3 cm³/mol. The molecular weight excluding hydrogens is 228 g/mol. The van der Waals surface area contributed by atoms with Gasteiger partial charge in [-0.25, -0.2) is 0 Å². The molecule has 4 nitrogen and oxygen atoms in total. The third-order valence-electron chi connectivity index (χ3n) is 1.69. The van der Waals surface area contributed by atoms with E-state index in [1.165, 1.54) is 13.8 Å². The van der Waals surface area contributed by atoms with E-state index >= 15 is 0 Å². The quantitative estimate of drug-likeness (QED) is 0.715. The van der Waals surface area contributed by atoms with Crippen LogP contribution in [0.3, 0.4) is 0 Å². The topological polar surface area (TPSA) is 52.6 Å². The van der Waals surface area contributed by atoms with Crippen LogP contribution in [-0.4, -0.2) is 28.6 Å². The zero-order valence-corrected chi connectivity index (χ0v) is 12.3. The summed E-state index contributed by atoms with van der Waals surface area (Å²) in [6.07, 6.45) is 0. The number of carbonyl (C=O) groups is 2. The first-order chi connectivity index (χ1) is 6.54. The smallest absolute Gasteiger partial charge is 0.289 e. The van der Waals surface area contributed by atoms with Gasteiger partial charge in [0, 0.05) is 19.5 Å². The van der Waals surface area contributed by atoms with Crippen molar-refractivity contribution < 1.29 is 18.4 Å². The molecule has 0 spiro atoms. The molecule has 0 N–H and O–H groups in total. The van der Waals surface area contributed by atoms with Crippen molar-refractivity contribution in [1.82, 2.24) is 0 Å². The lowest BCUT2D eigenvalue weighted by molar-refractivity contribution is -0.133. The largest absolute Gasteiger partial charge is 0.520 e. The Morgan fingerprint density at radius 2 is 1.13 bits per heavy atom. The molecule has 0 rings (SSSR count). The third kappa shape index (κ3) is 7.32. The van der Waals surface area contributed by atoms with Gasteiger partial charge >= 0.3 is 0 Å². The second kappa shape index (κ2) is 4.93. The summed E-state index contributed by atoms with van der Waals surface area (Å²) in [5.74, 6) is -0.501. The van der Waals surface area contributed by atoms with Gasteiger partial charge in [-0.15, -0.1) is 0 Å². The van der Waals surface area contributed by atoms with Crippen LogP contribution in [0.25, 0.3) is 0 Å².